The van der Waals surface area contributed by atoms with Crippen LogP contribution in [0, 0.1) is 0 Å². The van der Waals surface area contributed by atoms with Crippen molar-refractivity contribution >= 4 is 0 Å². The minimum Gasteiger partial charge on any atom is -0.390 e. The third-order valence-electron chi connectivity index (χ3n) is 3.80. The highest BCUT2D eigenvalue weighted by molar-refractivity contribution is 5.25. The number of hydrogen-bond acceptors (Lipinski definition) is 2. The third-order valence-corrected chi connectivity index (χ3v) is 3.80. The molecule has 106 valence electrons. The Labute approximate surface area is 109 Å². The number of hydrogen-bond donors (Lipinski definition) is 2. The summed E-state index contributed by atoms with van der Waals surface area (Å²) in [6.45, 7) is 0. The van der Waals surface area contributed by atoms with Crippen LogP contribution in [0.4, 0.5) is 13.2 Å². The van der Waals surface area contributed by atoms with E-state index in [0.29, 0.717) is 18.4 Å². The molecule has 0 radical (unpaired) electrons. The minimum absolute atomic E-state index is 0.175. The van der Waals surface area contributed by atoms with Gasteiger partial charge >= 0.3 is 6.18 Å². The molecule has 1 saturated carbocycles. The van der Waals surface area contributed by atoms with Crippen LogP contribution < -0.4 is 0 Å². The summed E-state index contributed by atoms with van der Waals surface area (Å²) in [6.07, 6.45) is -2.24. The summed E-state index contributed by atoms with van der Waals surface area (Å²) in [5.74, 6) is 0. The van der Waals surface area contributed by atoms with Crippen LogP contribution in [0.5, 0.6) is 0 Å². The van der Waals surface area contributed by atoms with Gasteiger partial charge in [0.15, 0.2) is 0 Å². The van der Waals surface area contributed by atoms with E-state index in [1.165, 1.54) is 12.1 Å². The number of rotatable bonds is 3. The van der Waals surface area contributed by atoms with Crippen molar-refractivity contribution in [2.45, 2.75) is 50.0 Å². The summed E-state index contributed by atoms with van der Waals surface area (Å²) >= 11 is 0. The van der Waals surface area contributed by atoms with E-state index < -0.39 is 23.4 Å². The molecule has 0 aliphatic heterocycles. The van der Waals surface area contributed by atoms with E-state index in [4.69, 9.17) is 0 Å². The van der Waals surface area contributed by atoms with Gasteiger partial charge in [0.2, 0.25) is 0 Å². The summed E-state index contributed by atoms with van der Waals surface area (Å²) in [5, 5.41) is 20.2. The monoisotopic (exact) mass is 274 g/mol. The first-order valence-electron chi connectivity index (χ1n) is 6.38. The van der Waals surface area contributed by atoms with E-state index in [2.05, 4.69) is 0 Å². The van der Waals surface area contributed by atoms with E-state index >= 15 is 0 Å². The van der Waals surface area contributed by atoms with Crippen LogP contribution in [0.3, 0.4) is 0 Å². The zero-order chi connectivity index (χ0) is 14.1. The smallest absolute Gasteiger partial charge is 0.390 e. The molecule has 0 amide bonds. The molecule has 19 heavy (non-hydrogen) atoms. The van der Waals surface area contributed by atoms with Gasteiger partial charge in [0, 0.05) is 6.42 Å². The number of benzene rings is 1. The van der Waals surface area contributed by atoms with Crippen LogP contribution in [0.25, 0.3) is 0 Å². The molecule has 1 atom stereocenters. The molecular weight excluding hydrogens is 257 g/mol. The maximum absolute atomic E-state index is 12.4. The molecule has 1 unspecified atom stereocenters. The lowest BCUT2D eigenvalue weighted by atomic mass is 9.90. The lowest BCUT2D eigenvalue weighted by Crippen LogP contribution is -2.40. The summed E-state index contributed by atoms with van der Waals surface area (Å²) < 4.78 is 37.2. The van der Waals surface area contributed by atoms with Crippen molar-refractivity contribution in [1.29, 1.82) is 0 Å². The Morgan fingerprint density at radius 3 is 2.11 bits per heavy atom. The van der Waals surface area contributed by atoms with E-state index in [-0.39, 0.29) is 6.42 Å². The maximum atomic E-state index is 12.4. The Bertz CT molecular complexity index is 419. The second-order valence-electron chi connectivity index (χ2n) is 5.23. The molecule has 1 fully saturated rings. The summed E-state index contributed by atoms with van der Waals surface area (Å²) in [4.78, 5) is 0. The second kappa shape index (κ2) is 5.13. The van der Waals surface area contributed by atoms with Crippen molar-refractivity contribution < 1.29 is 23.4 Å². The number of halogens is 3. The molecule has 5 heteroatoms. The summed E-state index contributed by atoms with van der Waals surface area (Å²) in [6, 6.07) is 4.70. The zero-order valence-electron chi connectivity index (χ0n) is 10.5. The first-order valence-corrected chi connectivity index (χ1v) is 6.38. The second-order valence-corrected chi connectivity index (χ2v) is 5.23. The standard InChI is InChI=1S/C14H17F3O2/c15-14(16,17)11-5-3-10(4-6-11)9-12(18)13(19)7-1-2-8-13/h3-6,12,18-19H,1-2,7-9H2. The fraction of sp³-hybridized carbons (Fsp3) is 0.571. The quantitative estimate of drug-likeness (QED) is 0.889. The average molecular weight is 274 g/mol. The van der Waals surface area contributed by atoms with Crippen LogP contribution in [0.2, 0.25) is 0 Å². The molecule has 0 saturated heterocycles. The van der Waals surface area contributed by atoms with E-state index in [1.54, 1.807) is 0 Å². The topological polar surface area (TPSA) is 40.5 Å². The Morgan fingerprint density at radius 2 is 1.63 bits per heavy atom. The van der Waals surface area contributed by atoms with Crippen molar-refractivity contribution in [3.8, 4) is 0 Å². The van der Waals surface area contributed by atoms with Gasteiger partial charge in [-0.2, -0.15) is 13.2 Å². The van der Waals surface area contributed by atoms with E-state index in [9.17, 15) is 23.4 Å². The highest BCUT2D eigenvalue weighted by Gasteiger charge is 2.38. The highest BCUT2D eigenvalue weighted by Crippen LogP contribution is 2.34. The van der Waals surface area contributed by atoms with E-state index in [0.717, 1.165) is 25.0 Å². The fourth-order valence-corrected chi connectivity index (χ4v) is 2.56. The molecule has 0 heterocycles. The van der Waals surface area contributed by atoms with Gasteiger partial charge in [0.25, 0.3) is 0 Å². The van der Waals surface area contributed by atoms with Crippen LogP contribution in [-0.4, -0.2) is 21.9 Å². The van der Waals surface area contributed by atoms with Crippen LogP contribution in [0.1, 0.15) is 36.8 Å². The number of aliphatic hydroxyl groups is 2. The van der Waals surface area contributed by atoms with Crippen LogP contribution >= 0.6 is 0 Å². The molecule has 2 N–H and O–H groups in total. The largest absolute Gasteiger partial charge is 0.416 e. The summed E-state index contributed by atoms with van der Waals surface area (Å²) in [5.41, 5.74) is -1.19. The van der Waals surface area contributed by atoms with Gasteiger partial charge in [-0.1, -0.05) is 25.0 Å². The normalized spacial score (nSPS) is 20.5. The van der Waals surface area contributed by atoms with Gasteiger partial charge in [0.05, 0.1) is 17.3 Å². The lowest BCUT2D eigenvalue weighted by Gasteiger charge is -2.28. The first-order chi connectivity index (χ1) is 8.81. The zero-order valence-corrected chi connectivity index (χ0v) is 10.5. The fourth-order valence-electron chi connectivity index (χ4n) is 2.56. The Kier molecular flexibility index (Phi) is 3.87. The van der Waals surface area contributed by atoms with Gasteiger partial charge in [0.1, 0.15) is 0 Å². The maximum Gasteiger partial charge on any atom is 0.416 e. The molecule has 2 nitrogen and oxygen atoms in total. The Balaban J connectivity index is 2.03. The SMILES string of the molecule is OC(Cc1ccc(C(F)(F)F)cc1)C1(O)CCCC1. The molecule has 1 aromatic carbocycles. The number of alkyl halides is 3. The Hall–Kier alpha value is -1.07. The van der Waals surface area contributed by atoms with Gasteiger partial charge in [-0.3, -0.25) is 0 Å². The first kappa shape index (κ1) is 14.3. The highest BCUT2D eigenvalue weighted by atomic mass is 19.4. The van der Waals surface area contributed by atoms with Gasteiger partial charge in [-0.25, -0.2) is 0 Å². The lowest BCUT2D eigenvalue weighted by molar-refractivity contribution is -0.137. The van der Waals surface area contributed by atoms with Crippen LogP contribution in [0.15, 0.2) is 24.3 Å². The molecule has 2 rings (SSSR count). The minimum atomic E-state index is -4.35. The van der Waals surface area contributed by atoms with Crippen molar-refractivity contribution in [2.24, 2.45) is 0 Å². The molecule has 1 aromatic rings. The molecule has 1 aliphatic rings. The Morgan fingerprint density at radius 1 is 1.11 bits per heavy atom. The van der Waals surface area contributed by atoms with Gasteiger partial charge in [-0.05, 0) is 30.5 Å². The molecular formula is C14H17F3O2. The van der Waals surface area contributed by atoms with Crippen molar-refractivity contribution in [3.05, 3.63) is 35.4 Å². The number of aliphatic hydroxyl groups excluding tert-OH is 1. The average Bonchev–Trinajstić information content (AvgIpc) is 2.77. The van der Waals surface area contributed by atoms with Crippen LogP contribution in [-0.2, 0) is 12.6 Å². The molecule has 1 aliphatic carbocycles. The van der Waals surface area contributed by atoms with Crippen molar-refractivity contribution in [2.75, 3.05) is 0 Å². The van der Waals surface area contributed by atoms with Gasteiger partial charge in [-0.15, -0.1) is 0 Å². The summed E-state index contributed by atoms with van der Waals surface area (Å²) in [7, 11) is 0. The van der Waals surface area contributed by atoms with Crippen molar-refractivity contribution in [1.82, 2.24) is 0 Å². The van der Waals surface area contributed by atoms with Gasteiger partial charge < -0.3 is 10.2 Å². The third kappa shape index (κ3) is 3.28. The molecule has 0 aromatic heterocycles. The van der Waals surface area contributed by atoms with Crippen molar-refractivity contribution in [3.63, 3.8) is 0 Å². The molecule has 0 spiro atoms. The predicted octanol–water partition coefficient (Wildman–Crippen LogP) is 2.91. The van der Waals surface area contributed by atoms with E-state index in [1.807, 2.05) is 0 Å². The molecule has 0 bridgehead atoms. The predicted molar refractivity (Wildman–Crippen MR) is 64.6 cm³/mol.